The maximum atomic E-state index is 11.6. The van der Waals surface area contributed by atoms with Crippen LogP contribution in [0.25, 0.3) is 0 Å². The molecule has 0 saturated carbocycles. The number of aryl methyl sites for hydroxylation is 3. The Morgan fingerprint density at radius 2 is 1.70 bits per heavy atom. The van der Waals surface area contributed by atoms with Gasteiger partial charge in [0.2, 0.25) is 0 Å². The lowest BCUT2D eigenvalue weighted by molar-refractivity contribution is -0.145. The van der Waals surface area contributed by atoms with Gasteiger partial charge in [0.1, 0.15) is 5.75 Å². The van der Waals surface area contributed by atoms with E-state index in [9.17, 15) is 9.90 Å². The summed E-state index contributed by atoms with van der Waals surface area (Å²) >= 11 is 0. The van der Waals surface area contributed by atoms with Gasteiger partial charge in [-0.05, 0) is 61.1 Å². The van der Waals surface area contributed by atoms with E-state index in [1.54, 1.807) is 0 Å². The minimum atomic E-state index is -0.942. The van der Waals surface area contributed by atoms with E-state index in [4.69, 9.17) is 4.74 Å². The third kappa shape index (κ3) is 4.35. The summed E-state index contributed by atoms with van der Waals surface area (Å²) in [6, 6.07) is 12.0. The predicted molar refractivity (Wildman–Crippen MR) is 92.2 cm³/mol. The fourth-order valence-electron chi connectivity index (χ4n) is 2.58. The summed E-state index contributed by atoms with van der Waals surface area (Å²) < 4.78 is 5.83. The predicted octanol–water partition coefficient (Wildman–Crippen LogP) is 4.25. The molecule has 0 heterocycles. The molecule has 0 bridgehead atoms. The largest absolute Gasteiger partial charge is 0.478 e. The monoisotopic (exact) mass is 312 g/mol. The van der Waals surface area contributed by atoms with E-state index in [2.05, 4.69) is 13.0 Å². The Labute approximate surface area is 137 Å². The van der Waals surface area contributed by atoms with Gasteiger partial charge in [0.15, 0.2) is 6.10 Å². The summed E-state index contributed by atoms with van der Waals surface area (Å²) in [6.07, 6.45) is 0.439. The highest BCUT2D eigenvalue weighted by Crippen LogP contribution is 2.25. The second kappa shape index (κ2) is 7.32. The van der Waals surface area contributed by atoms with E-state index in [1.807, 2.05) is 51.1 Å². The maximum absolute atomic E-state index is 11.6. The molecule has 0 aliphatic rings. The van der Waals surface area contributed by atoms with Gasteiger partial charge in [0.25, 0.3) is 0 Å². The Morgan fingerprint density at radius 1 is 1.09 bits per heavy atom. The van der Waals surface area contributed by atoms with Crippen molar-refractivity contribution in [3.63, 3.8) is 0 Å². The van der Waals surface area contributed by atoms with Crippen LogP contribution in [0, 0.1) is 20.8 Å². The van der Waals surface area contributed by atoms with Crippen LogP contribution in [0.2, 0.25) is 0 Å². The molecule has 0 unspecified atom stereocenters. The first kappa shape index (κ1) is 17.1. The van der Waals surface area contributed by atoms with Crippen LogP contribution < -0.4 is 4.74 Å². The maximum Gasteiger partial charge on any atom is 0.345 e. The van der Waals surface area contributed by atoms with E-state index in [0.717, 1.165) is 28.7 Å². The molecule has 2 aromatic rings. The molecule has 23 heavy (non-hydrogen) atoms. The molecule has 0 radical (unpaired) electrons. The van der Waals surface area contributed by atoms with Crippen molar-refractivity contribution in [2.75, 3.05) is 0 Å². The first-order valence-electron chi connectivity index (χ1n) is 7.95. The number of hydrogen-bond acceptors (Lipinski definition) is 2. The van der Waals surface area contributed by atoms with E-state index >= 15 is 0 Å². The molecule has 2 rings (SSSR count). The fourth-order valence-corrected chi connectivity index (χ4v) is 2.58. The molecule has 2 aromatic carbocycles. The second-order valence-electron chi connectivity index (χ2n) is 6.02. The summed E-state index contributed by atoms with van der Waals surface area (Å²) in [4.78, 5) is 11.6. The molecule has 0 amide bonds. The van der Waals surface area contributed by atoms with Crippen molar-refractivity contribution >= 4 is 5.97 Å². The average molecular weight is 312 g/mol. The molecule has 0 aromatic heterocycles. The summed E-state index contributed by atoms with van der Waals surface area (Å²) in [5.74, 6) is -0.289. The van der Waals surface area contributed by atoms with E-state index in [1.165, 1.54) is 5.56 Å². The summed E-state index contributed by atoms with van der Waals surface area (Å²) in [5, 5.41) is 9.50. The van der Waals surface area contributed by atoms with Gasteiger partial charge in [-0.1, -0.05) is 37.3 Å². The van der Waals surface area contributed by atoms with E-state index in [-0.39, 0.29) is 0 Å². The molecule has 122 valence electrons. The van der Waals surface area contributed by atoms with E-state index < -0.39 is 12.1 Å². The zero-order valence-corrected chi connectivity index (χ0v) is 14.2. The first-order chi connectivity index (χ1) is 10.9. The molecular formula is C20H24O3. The van der Waals surface area contributed by atoms with Crippen molar-refractivity contribution in [1.29, 1.82) is 0 Å². The average Bonchev–Trinajstić information content (AvgIpc) is 2.52. The molecule has 0 saturated heterocycles. The first-order valence-corrected chi connectivity index (χ1v) is 7.95. The van der Waals surface area contributed by atoms with Gasteiger partial charge < -0.3 is 9.84 Å². The molecular weight excluding hydrogens is 288 g/mol. The van der Waals surface area contributed by atoms with Crippen molar-refractivity contribution < 1.29 is 14.6 Å². The number of hydrogen-bond donors (Lipinski definition) is 1. The summed E-state index contributed by atoms with van der Waals surface area (Å²) in [6.45, 7) is 8.05. The lowest BCUT2D eigenvalue weighted by Crippen LogP contribution is -2.29. The highest BCUT2D eigenvalue weighted by Gasteiger charge is 2.21. The topological polar surface area (TPSA) is 46.5 Å². The van der Waals surface area contributed by atoms with Crippen LogP contribution in [-0.4, -0.2) is 17.2 Å². The summed E-state index contributed by atoms with van der Waals surface area (Å²) in [7, 11) is 0. The molecule has 1 N–H and O–H groups in total. The van der Waals surface area contributed by atoms with Crippen LogP contribution in [0.15, 0.2) is 36.4 Å². The third-order valence-electron chi connectivity index (χ3n) is 4.16. The standard InChI is InChI=1S/C20H24O3/c1-5-16-6-8-17(9-7-16)12-19(20(21)22)23-18-11-13(2)10-14(3)15(18)4/h6-11,19H,5,12H2,1-4H3,(H,21,22)/t19-/m1/s1. The number of carbonyl (C=O) groups is 1. The van der Waals surface area contributed by atoms with Gasteiger partial charge in [-0.15, -0.1) is 0 Å². The normalized spacial score (nSPS) is 12.0. The van der Waals surface area contributed by atoms with Gasteiger partial charge in [-0.2, -0.15) is 0 Å². The van der Waals surface area contributed by atoms with Crippen molar-refractivity contribution in [3.8, 4) is 5.75 Å². The molecule has 0 aliphatic carbocycles. The lowest BCUT2D eigenvalue weighted by atomic mass is 10.0. The van der Waals surface area contributed by atoms with Crippen LogP contribution in [-0.2, 0) is 17.6 Å². The van der Waals surface area contributed by atoms with Gasteiger partial charge >= 0.3 is 5.97 Å². The minimum Gasteiger partial charge on any atom is -0.478 e. The van der Waals surface area contributed by atoms with Gasteiger partial charge in [0, 0.05) is 6.42 Å². The van der Waals surface area contributed by atoms with Crippen molar-refractivity contribution in [2.24, 2.45) is 0 Å². The molecule has 3 nitrogen and oxygen atoms in total. The number of aliphatic carboxylic acids is 1. The van der Waals surface area contributed by atoms with Crippen molar-refractivity contribution in [2.45, 2.75) is 46.6 Å². The molecule has 3 heteroatoms. The molecule has 0 spiro atoms. The van der Waals surface area contributed by atoms with Crippen LogP contribution in [0.4, 0.5) is 0 Å². The van der Waals surface area contributed by atoms with Crippen molar-refractivity contribution in [1.82, 2.24) is 0 Å². The van der Waals surface area contributed by atoms with Gasteiger partial charge in [-0.3, -0.25) is 0 Å². The number of carboxylic acid groups (broad SMARTS) is 1. The zero-order chi connectivity index (χ0) is 17.0. The number of benzene rings is 2. The fraction of sp³-hybridized carbons (Fsp3) is 0.350. The Morgan fingerprint density at radius 3 is 2.26 bits per heavy atom. The Kier molecular flexibility index (Phi) is 5.43. The lowest BCUT2D eigenvalue weighted by Gasteiger charge is -2.18. The van der Waals surface area contributed by atoms with Crippen LogP contribution in [0.3, 0.4) is 0 Å². The Hall–Kier alpha value is -2.29. The highest BCUT2D eigenvalue weighted by molar-refractivity contribution is 5.73. The third-order valence-corrected chi connectivity index (χ3v) is 4.16. The number of ether oxygens (including phenoxy) is 1. The van der Waals surface area contributed by atoms with Crippen LogP contribution in [0.1, 0.15) is 34.7 Å². The van der Waals surface area contributed by atoms with Crippen molar-refractivity contribution in [3.05, 3.63) is 64.2 Å². The molecule has 0 fully saturated rings. The highest BCUT2D eigenvalue weighted by atomic mass is 16.5. The SMILES string of the molecule is CCc1ccc(C[C@@H](Oc2cc(C)cc(C)c2C)C(=O)O)cc1. The van der Waals surface area contributed by atoms with Crippen LogP contribution in [0.5, 0.6) is 5.75 Å². The van der Waals surface area contributed by atoms with Gasteiger partial charge in [-0.25, -0.2) is 4.79 Å². The quantitative estimate of drug-likeness (QED) is 0.867. The van der Waals surface area contributed by atoms with Gasteiger partial charge in [0.05, 0.1) is 0 Å². The number of rotatable bonds is 6. The minimum absolute atomic E-state index is 0.353. The Bertz CT molecular complexity index is 687. The zero-order valence-electron chi connectivity index (χ0n) is 14.2. The number of carboxylic acids is 1. The van der Waals surface area contributed by atoms with Crippen LogP contribution >= 0.6 is 0 Å². The second-order valence-corrected chi connectivity index (χ2v) is 6.02. The smallest absolute Gasteiger partial charge is 0.345 e. The molecule has 0 aliphatic heterocycles. The van der Waals surface area contributed by atoms with E-state index in [0.29, 0.717) is 12.2 Å². The summed E-state index contributed by atoms with van der Waals surface area (Å²) in [5.41, 5.74) is 5.38. The molecule has 1 atom stereocenters. The Balaban J connectivity index is 2.20.